The van der Waals surface area contributed by atoms with Crippen LogP contribution in [-0.2, 0) is 0 Å². The Labute approximate surface area is 151 Å². The van der Waals surface area contributed by atoms with Gasteiger partial charge in [-0.05, 0) is 50.1 Å². The van der Waals surface area contributed by atoms with Gasteiger partial charge < -0.3 is 14.7 Å². The zero-order valence-electron chi connectivity index (χ0n) is 13.1. The number of rotatable bonds is 2. The number of halogens is 2. The van der Waals surface area contributed by atoms with E-state index in [0.29, 0.717) is 22.5 Å². The monoisotopic (exact) mass is 367 g/mol. The molecule has 4 rings (SSSR count). The largest absolute Gasteiger partial charge is 0.355 e. The number of hydrogen-bond acceptors (Lipinski definition) is 4. The van der Waals surface area contributed by atoms with Crippen LogP contribution in [0.2, 0.25) is 5.02 Å². The Morgan fingerprint density at radius 2 is 1.96 bits per heavy atom. The third-order valence-electron chi connectivity index (χ3n) is 4.75. The Balaban J connectivity index is 0.00000169. The molecular formula is C17H19Cl2N3O2. The molecule has 2 bridgehead atoms. The zero-order valence-corrected chi connectivity index (χ0v) is 14.6. The molecule has 24 heavy (non-hydrogen) atoms. The second-order valence-electron chi connectivity index (χ2n) is 6.17. The number of hydrogen-bond donors (Lipinski definition) is 1. The summed E-state index contributed by atoms with van der Waals surface area (Å²) >= 11 is 5.90. The van der Waals surface area contributed by atoms with Crippen molar-refractivity contribution in [3.05, 3.63) is 41.0 Å². The average molecular weight is 368 g/mol. The molecule has 2 unspecified atom stereocenters. The van der Waals surface area contributed by atoms with Crippen molar-refractivity contribution < 1.29 is 9.32 Å². The number of benzene rings is 1. The molecule has 5 nitrogen and oxygen atoms in total. The maximum atomic E-state index is 12.9. The number of nitrogens with one attached hydrogen (secondary N) is 1. The predicted molar refractivity (Wildman–Crippen MR) is 94.7 cm³/mol. The van der Waals surface area contributed by atoms with Gasteiger partial charge in [0.2, 0.25) is 0 Å². The van der Waals surface area contributed by atoms with Crippen LogP contribution < -0.4 is 5.32 Å². The van der Waals surface area contributed by atoms with Crippen LogP contribution in [0.15, 0.2) is 34.9 Å². The Kier molecular flexibility index (Phi) is 5.13. The van der Waals surface area contributed by atoms with E-state index in [1.165, 1.54) is 0 Å². The van der Waals surface area contributed by atoms with E-state index in [4.69, 9.17) is 16.1 Å². The summed E-state index contributed by atoms with van der Waals surface area (Å²) in [7, 11) is 0. The number of fused-ring (bicyclic) bond motifs is 2. The highest BCUT2D eigenvalue weighted by molar-refractivity contribution is 6.30. The maximum Gasteiger partial charge on any atom is 0.276 e. The highest BCUT2D eigenvalue weighted by Gasteiger charge is 2.39. The fourth-order valence-corrected chi connectivity index (χ4v) is 3.70. The topological polar surface area (TPSA) is 58.4 Å². The smallest absolute Gasteiger partial charge is 0.276 e. The van der Waals surface area contributed by atoms with Gasteiger partial charge in [-0.25, -0.2) is 0 Å². The van der Waals surface area contributed by atoms with Crippen LogP contribution in [0.1, 0.15) is 29.8 Å². The first-order chi connectivity index (χ1) is 11.2. The van der Waals surface area contributed by atoms with Gasteiger partial charge in [-0.1, -0.05) is 16.8 Å². The van der Waals surface area contributed by atoms with Gasteiger partial charge in [0.05, 0.1) is 0 Å². The molecule has 0 saturated carbocycles. The Hall–Kier alpha value is -1.56. The van der Waals surface area contributed by atoms with Gasteiger partial charge in [0.15, 0.2) is 11.5 Å². The summed E-state index contributed by atoms with van der Waals surface area (Å²) < 4.78 is 5.37. The van der Waals surface area contributed by atoms with Crippen LogP contribution in [-0.4, -0.2) is 41.1 Å². The fourth-order valence-electron chi connectivity index (χ4n) is 3.57. The van der Waals surface area contributed by atoms with Crippen molar-refractivity contribution in [3.63, 3.8) is 0 Å². The lowest BCUT2D eigenvalue weighted by Gasteiger charge is -2.26. The molecule has 128 valence electrons. The van der Waals surface area contributed by atoms with Gasteiger partial charge in [0.1, 0.15) is 0 Å². The molecule has 3 heterocycles. The summed E-state index contributed by atoms with van der Waals surface area (Å²) in [5.41, 5.74) is 1.25. The number of nitrogens with zero attached hydrogens (tertiary/aromatic N) is 2. The summed E-state index contributed by atoms with van der Waals surface area (Å²) in [5, 5.41) is 8.06. The van der Waals surface area contributed by atoms with Crippen molar-refractivity contribution in [2.24, 2.45) is 0 Å². The highest BCUT2D eigenvalue weighted by atomic mass is 35.5. The first-order valence-electron chi connectivity index (χ1n) is 7.98. The molecule has 2 fully saturated rings. The van der Waals surface area contributed by atoms with Crippen LogP contribution in [0.4, 0.5) is 0 Å². The van der Waals surface area contributed by atoms with E-state index in [-0.39, 0.29) is 24.4 Å². The second kappa shape index (κ2) is 7.13. The van der Waals surface area contributed by atoms with E-state index in [1.807, 2.05) is 17.0 Å². The van der Waals surface area contributed by atoms with E-state index in [0.717, 1.165) is 37.9 Å². The Bertz CT molecular complexity index is 703. The summed E-state index contributed by atoms with van der Waals surface area (Å²) in [5.74, 6) is 0.565. The molecule has 2 aromatic rings. The minimum Gasteiger partial charge on any atom is -0.355 e. The van der Waals surface area contributed by atoms with Crippen molar-refractivity contribution in [3.8, 4) is 11.3 Å². The molecule has 2 aliphatic rings. The molecule has 2 atom stereocenters. The molecule has 2 aliphatic heterocycles. The third-order valence-corrected chi connectivity index (χ3v) is 5.00. The minimum absolute atomic E-state index is 0. The third kappa shape index (κ3) is 3.16. The molecule has 0 aliphatic carbocycles. The van der Waals surface area contributed by atoms with E-state index in [2.05, 4.69) is 10.5 Å². The van der Waals surface area contributed by atoms with Crippen molar-refractivity contribution >= 4 is 29.9 Å². The Morgan fingerprint density at radius 3 is 2.75 bits per heavy atom. The lowest BCUT2D eigenvalue weighted by molar-refractivity contribution is 0.0669. The average Bonchev–Trinajstić information content (AvgIpc) is 3.11. The van der Waals surface area contributed by atoms with Gasteiger partial charge in [0, 0.05) is 35.3 Å². The summed E-state index contributed by atoms with van der Waals surface area (Å²) in [6.07, 6.45) is 3.15. The first-order valence-corrected chi connectivity index (χ1v) is 8.36. The van der Waals surface area contributed by atoms with Crippen LogP contribution in [0, 0.1) is 0 Å². The fraction of sp³-hybridized carbons (Fsp3) is 0.412. The van der Waals surface area contributed by atoms with Crippen molar-refractivity contribution in [1.82, 2.24) is 15.4 Å². The number of carbonyl (C=O) groups excluding carboxylic acids is 1. The number of aromatic nitrogens is 1. The van der Waals surface area contributed by atoms with Crippen LogP contribution in [0.25, 0.3) is 11.3 Å². The molecule has 1 aromatic heterocycles. The first kappa shape index (κ1) is 17.3. The lowest BCUT2D eigenvalue weighted by Crippen LogP contribution is -2.42. The zero-order chi connectivity index (χ0) is 15.8. The van der Waals surface area contributed by atoms with Crippen molar-refractivity contribution in [1.29, 1.82) is 0 Å². The van der Waals surface area contributed by atoms with Gasteiger partial charge in [-0.2, -0.15) is 0 Å². The van der Waals surface area contributed by atoms with Gasteiger partial charge >= 0.3 is 0 Å². The van der Waals surface area contributed by atoms with Gasteiger partial charge in [-0.15, -0.1) is 12.4 Å². The quantitative estimate of drug-likeness (QED) is 0.883. The molecule has 1 aromatic carbocycles. The minimum atomic E-state index is -0.0230. The molecular weight excluding hydrogens is 349 g/mol. The second-order valence-corrected chi connectivity index (χ2v) is 6.61. The molecule has 7 heteroatoms. The lowest BCUT2D eigenvalue weighted by atomic mass is 10.1. The maximum absolute atomic E-state index is 12.9. The van der Waals surface area contributed by atoms with Crippen molar-refractivity contribution in [2.45, 2.75) is 31.3 Å². The van der Waals surface area contributed by atoms with Gasteiger partial charge in [-0.3, -0.25) is 4.79 Å². The van der Waals surface area contributed by atoms with Crippen molar-refractivity contribution in [2.75, 3.05) is 13.1 Å². The summed E-state index contributed by atoms with van der Waals surface area (Å²) in [4.78, 5) is 14.9. The van der Waals surface area contributed by atoms with Crippen LogP contribution in [0.5, 0.6) is 0 Å². The molecule has 1 N–H and O–H groups in total. The summed E-state index contributed by atoms with van der Waals surface area (Å²) in [6.45, 7) is 1.84. The van der Waals surface area contributed by atoms with Gasteiger partial charge in [0.25, 0.3) is 5.91 Å². The van der Waals surface area contributed by atoms with E-state index < -0.39 is 0 Å². The molecule has 0 spiro atoms. The standard InChI is InChI=1S/C17H18ClN3O2.ClH/c18-12-3-1-11(2-4-12)16-9-15(20-23-16)17(22)21-13-5-6-14(21)10-19-8-7-13;/h1-4,9,13-14,19H,5-8,10H2;1H. The number of carbonyl (C=O) groups is 1. The SMILES string of the molecule is Cl.O=C(c1cc(-c2ccc(Cl)cc2)on1)N1C2CCNCC1CC2. The normalized spacial score (nSPS) is 22.8. The molecule has 2 saturated heterocycles. The van der Waals surface area contributed by atoms with Crippen LogP contribution in [0.3, 0.4) is 0 Å². The number of amides is 1. The molecule has 1 amide bonds. The van der Waals surface area contributed by atoms with E-state index in [9.17, 15) is 4.79 Å². The van der Waals surface area contributed by atoms with Crippen LogP contribution >= 0.6 is 24.0 Å². The highest BCUT2D eigenvalue weighted by Crippen LogP contribution is 2.30. The summed E-state index contributed by atoms with van der Waals surface area (Å²) in [6, 6.07) is 9.61. The molecule has 0 radical (unpaired) electrons. The van der Waals surface area contributed by atoms with E-state index >= 15 is 0 Å². The predicted octanol–water partition coefficient (Wildman–Crippen LogP) is 3.38. The Morgan fingerprint density at radius 1 is 1.21 bits per heavy atom. The van der Waals surface area contributed by atoms with E-state index in [1.54, 1.807) is 18.2 Å².